The number of rotatable bonds is 3. The van der Waals surface area contributed by atoms with E-state index in [9.17, 15) is 9.59 Å². The number of benzene rings is 2. The van der Waals surface area contributed by atoms with Gasteiger partial charge in [-0.1, -0.05) is 37.3 Å². The van der Waals surface area contributed by atoms with Crippen LogP contribution in [0.4, 0.5) is 5.69 Å². The van der Waals surface area contributed by atoms with E-state index < -0.39 is 0 Å². The number of hydrogen-bond acceptors (Lipinski definition) is 3. The Balaban J connectivity index is 1.70. The van der Waals surface area contributed by atoms with Gasteiger partial charge in [-0.25, -0.2) is 0 Å². The number of carbonyl (C=O) groups excluding carboxylic acids is 2. The number of anilines is 1. The highest BCUT2D eigenvalue weighted by molar-refractivity contribution is 6.14. The summed E-state index contributed by atoms with van der Waals surface area (Å²) in [6, 6.07) is 14.8. The highest BCUT2D eigenvalue weighted by Gasteiger charge is 2.28. The second kappa shape index (κ2) is 7.50. The molecule has 1 saturated heterocycles. The summed E-state index contributed by atoms with van der Waals surface area (Å²) in [7, 11) is 0. The molecule has 5 heteroatoms. The Bertz CT molecular complexity index is 1030. The number of hydrogen-bond donors (Lipinski definition) is 1. The van der Waals surface area contributed by atoms with E-state index in [1.54, 1.807) is 6.07 Å². The van der Waals surface area contributed by atoms with Crippen LogP contribution in [-0.2, 0) is 0 Å². The molecule has 2 aromatic carbocycles. The topological polar surface area (TPSA) is 62.6 Å². The molecule has 0 bridgehead atoms. The summed E-state index contributed by atoms with van der Waals surface area (Å²) in [5.74, 6) is 0.423. The minimum atomic E-state index is -0.244. The van der Waals surface area contributed by atoms with E-state index in [2.05, 4.69) is 12.2 Å². The number of nitrogens with one attached hydrogen (secondary N) is 1. The number of aryl methyl sites for hydroxylation is 1. The third-order valence-corrected chi connectivity index (χ3v) is 5.49. The molecular formula is C23H24N2O3. The zero-order valence-corrected chi connectivity index (χ0v) is 16.2. The quantitative estimate of drug-likeness (QED) is 0.710. The lowest BCUT2D eigenvalue weighted by atomic mass is 9.99. The van der Waals surface area contributed by atoms with Crippen molar-refractivity contribution in [2.45, 2.75) is 26.7 Å². The van der Waals surface area contributed by atoms with E-state index in [0.29, 0.717) is 35.8 Å². The van der Waals surface area contributed by atoms with E-state index in [0.717, 1.165) is 23.8 Å². The Hall–Kier alpha value is -3.08. The van der Waals surface area contributed by atoms with E-state index in [-0.39, 0.29) is 17.6 Å². The minimum absolute atomic E-state index is 0.164. The van der Waals surface area contributed by atoms with Crippen LogP contribution >= 0.6 is 0 Å². The van der Waals surface area contributed by atoms with Crippen molar-refractivity contribution >= 4 is 28.5 Å². The second-order valence-corrected chi connectivity index (χ2v) is 7.55. The molecule has 0 unspecified atom stereocenters. The van der Waals surface area contributed by atoms with Gasteiger partial charge in [-0.05, 0) is 49.4 Å². The van der Waals surface area contributed by atoms with Crippen LogP contribution in [0.1, 0.15) is 46.2 Å². The maximum absolute atomic E-state index is 13.2. The summed E-state index contributed by atoms with van der Waals surface area (Å²) in [6.07, 6.45) is 1.97. The molecule has 1 aliphatic heterocycles. The molecule has 1 N–H and O–H groups in total. The highest BCUT2D eigenvalue weighted by atomic mass is 16.3. The lowest BCUT2D eigenvalue weighted by Gasteiger charge is -2.29. The first-order valence-corrected chi connectivity index (χ1v) is 9.72. The summed E-state index contributed by atoms with van der Waals surface area (Å²) in [6.45, 7) is 5.52. The largest absolute Gasteiger partial charge is 0.449 e. The van der Waals surface area contributed by atoms with Gasteiger partial charge in [-0.15, -0.1) is 0 Å². The first kappa shape index (κ1) is 18.3. The molecule has 2 heterocycles. The van der Waals surface area contributed by atoms with Crippen LogP contribution < -0.4 is 5.32 Å². The summed E-state index contributed by atoms with van der Waals surface area (Å²) < 4.78 is 5.90. The maximum Gasteiger partial charge on any atom is 0.291 e. The monoisotopic (exact) mass is 376 g/mol. The molecular weight excluding hydrogens is 352 g/mol. The lowest BCUT2D eigenvalue weighted by molar-refractivity contribution is 0.0669. The summed E-state index contributed by atoms with van der Waals surface area (Å²) in [5, 5.41) is 3.67. The van der Waals surface area contributed by atoms with Crippen molar-refractivity contribution in [3.8, 4) is 0 Å². The van der Waals surface area contributed by atoms with E-state index in [1.807, 2.05) is 54.3 Å². The van der Waals surface area contributed by atoms with E-state index in [4.69, 9.17) is 4.42 Å². The fourth-order valence-electron chi connectivity index (χ4n) is 3.68. The lowest BCUT2D eigenvalue weighted by Crippen LogP contribution is -2.38. The SMILES string of the molecule is Cc1ccccc1C(=O)Nc1c(C(=O)N2CCC(C)CC2)oc2ccccc12. The normalized spacial score (nSPS) is 15.0. The van der Waals surface area contributed by atoms with Crippen molar-refractivity contribution in [1.29, 1.82) is 0 Å². The predicted octanol–water partition coefficient (Wildman–Crippen LogP) is 4.87. The molecule has 0 saturated carbocycles. The van der Waals surface area contributed by atoms with Gasteiger partial charge in [0.1, 0.15) is 11.3 Å². The third kappa shape index (κ3) is 3.40. The van der Waals surface area contributed by atoms with Gasteiger partial charge in [0.25, 0.3) is 11.8 Å². The molecule has 4 rings (SSSR count). The maximum atomic E-state index is 13.2. The fraction of sp³-hybridized carbons (Fsp3) is 0.304. The molecule has 0 radical (unpaired) electrons. The smallest absolute Gasteiger partial charge is 0.291 e. The molecule has 1 aromatic heterocycles. The number of piperidine rings is 1. The average molecular weight is 376 g/mol. The number of amides is 2. The third-order valence-electron chi connectivity index (χ3n) is 5.49. The number of para-hydroxylation sites is 1. The molecule has 28 heavy (non-hydrogen) atoms. The molecule has 3 aromatic rings. The zero-order chi connectivity index (χ0) is 19.7. The summed E-state index contributed by atoms with van der Waals surface area (Å²) in [5.41, 5.74) is 2.51. The van der Waals surface area contributed by atoms with Crippen molar-refractivity contribution in [3.63, 3.8) is 0 Å². The number of likely N-dealkylation sites (tertiary alicyclic amines) is 1. The Morgan fingerprint density at radius 1 is 1.04 bits per heavy atom. The van der Waals surface area contributed by atoms with Crippen molar-refractivity contribution in [1.82, 2.24) is 4.90 Å². The first-order chi connectivity index (χ1) is 13.5. The predicted molar refractivity (Wildman–Crippen MR) is 110 cm³/mol. The fourth-order valence-corrected chi connectivity index (χ4v) is 3.68. The first-order valence-electron chi connectivity index (χ1n) is 9.72. The van der Waals surface area contributed by atoms with Gasteiger partial charge in [0.2, 0.25) is 5.76 Å². The second-order valence-electron chi connectivity index (χ2n) is 7.55. The van der Waals surface area contributed by atoms with Gasteiger partial charge in [-0.2, -0.15) is 0 Å². The van der Waals surface area contributed by atoms with Crippen LogP contribution in [0.25, 0.3) is 11.0 Å². The molecule has 144 valence electrons. The van der Waals surface area contributed by atoms with E-state index >= 15 is 0 Å². The Morgan fingerprint density at radius 2 is 1.71 bits per heavy atom. The van der Waals surface area contributed by atoms with Crippen molar-refractivity contribution < 1.29 is 14.0 Å². The van der Waals surface area contributed by atoms with Crippen LogP contribution in [-0.4, -0.2) is 29.8 Å². The molecule has 0 atom stereocenters. The van der Waals surface area contributed by atoms with Crippen molar-refractivity contribution in [2.24, 2.45) is 5.92 Å². The van der Waals surface area contributed by atoms with Gasteiger partial charge in [0, 0.05) is 24.0 Å². The highest BCUT2D eigenvalue weighted by Crippen LogP contribution is 2.33. The van der Waals surface area contributed by atoms with Crippen LogP contribution in [0.15, 0.2) is 52.9 Å². The van der Waals surface area contributed by atoms with Crippen molar-refractivity contribution in [3.05, 3.63) is 65.4 Å². The molecule has 0 spiro atoms. The van der Waals surface area contributed by atoms with Gasteiger partial charge >= 0.3 is 0 Å². The van der Waals surface area contributed by atoms with Crippen LogP contribution in [0.3, 0.4) is 0 Å². The van der Waals surface area contributed by atoms with Gasteiger partial charge in [-0.3, -0.25) is 9.59 Å². The van der Waals surface area contributed by atoms with Gasteiger partial charge in [0.05, 0.1) is 0 Å². The van der Waals surface area contributed by atoms with Crippen LogP contribution in [0.2, 0.25) is 0 Å². The van der Waals surface area contributed by atoms with Crippen molar-refractivity contribution in [2.75, 3.05) is 18.4 Å². The number of carbonyl (C=O) groups is 2. The molecule has 0 aliphatic carbocycles. The number of nitrogens with zero attached hydrogens (tertiary/aromatic N) is 1. The van der Waals surface area contributed by atoms with E-state index in [1.165, 1.54) is 0 Å². The van der Waals surface area contributed by atoms with Gasteiger partial charge in [0.15, 0.2) is 0 Å². The zero-order valence-electron chi connectivity index (χ0n) is 16.2. The number of furan rings is 1. The Labute approximate surface area is 164 Å². The summed E-state index contributed by atoms with van der Waals surface area (Å²) >= 11 is 0. The Morgan fingerprint density at radius 3 is 2.46 bits per heavy atom. The van der Waals surface area contributed by atoms with Crippen LogP contribution in [0, 0.1) is 12.8 Å². The van der Waals surface area contributed by atoms with Gasteiger partial charge < -0.3 is 14.6 Å². The molecule has 1 fully saturated rings. The molecule has 1 aliphatic rings. The number of fused-ring (bicyclic) bond motifs is 1. The van der Waals surface area contributed by atoms with Crippen LogP contribution in [0.5, 0.6) is 0 Å². The molecule has 5 nitrogen and oxygen atoms in total. The Kier molecular flexibility index (Phi) is 4.90. The average Bonchev–Trinajstić information content (AvgIpc) is 3.07. The standard InChI is InChI=1S/C23H24N2O3/c1-15-11-13-25(14-12-15)23(27)21-20(18-9-5-6-10-19(18)28-21)24-22(26)17-8-4-3-7-16(17)2/h3-10,15H,11-14H2,1-2H3,(H,24,26). The summed E-state index contributed by atoms with van der Waals surface area (Å²) in [4.78, 5) is 27.9. The molecule has 2 amide bonds. The minimum Gasteiger partial charge on any atom is -0.449 e.